The molecule has 2 nitrogen and oxygen atoms in total. The third-order valence-corrected chi connectivity index (χ3v) is 2.13. The van der Waals surface area contributed by atoms with Gasteiger partial charge in [-0.1, -0.05) is 12.1 Å². The smallest absolute Gasteiger partial charge is 0.340 e. The number of hydrogen-bond donors (Lipinski definition) is 1. The molecule has 0 aliphatic carbocycles. The van der Waals surface area contributed by atoms with Crippen LogP contribution in [0.3, 0.4) is 0 Å². The number of rotatable bonds is 2. The summed E-state index contributed by atoms with van der Waals surface area (Å²) in [6.45, 7) is 0. The zero-order chi connectivity index (χ0) is 12.3. The molecule has 0 saturated carbocycles. The molecule has 0 bridgehead atoms. The lowest BCUT2D eigenvalue weighted by Gasteiger charge is -2.09. The first kappa shape index (κ1) is 11.4. The molecule has 1 N–H and O–H groups in total. The van der Waals surface area contributed by atoms with Crippen LogP contribution in [0.4, 0.5) is 24.7 Å². The van der Waals surface area contributed by atoms with Gasteiger partial charge in [0, 0.05) is 11.9 Å². The van der Waals surface area contributed by atoms with Crippen LogP contribution in [0, 0.1) is 0 Å². The second kappa shape index (κ2) is 4.45. The van der Waals surface area contributed by atoms with Gasteiger partial charge in [-0.25, -0.2) is 4.98 Å². The van der Waals surface area contributed by atoms with Crippen molar-refractivity contribution in [2.24, 2.45) is 0 Å². The normalized spacial score (nSPS) is 11.2. The quantitative estimate of drug-likeness (QED) is 0.859. The van der Waals surface area contributed by atoms with Crippen LogP contribution in [0.5, 0.6) is 0 Å². The van der Waals surface area contributed by atoms with Gasteiger partial charge in [0.15, 0.2) is 0 Å². The fourth-order valence-electron chi connectivity index (χ4n) is 1.36. The first-order valence-electron chi connectivity index (χ1n) is 4.91. The summed E-state index contributed by atoms with van der Waals surface area (Å²) in [5, 5.41) is 2.81. The summed E-state index contributed by atoms with van der Waals surface area (Å²) in [6, 6.07) is 10.2. The maximum Gasteiger partial charge on any atom is 0.416 e. The van der Waals surface area contributed by atoms with Gasteiger partial charge in [-0.2, -0.15) is 13.2 Å². The molecular weight excluding hydrogens is 229 g/mol. The van der Waals surface area contributed by atoms with Crippen molar-refractivity contribution >= 4 is 11.5 Å². The lowest BCUT2D eigenvalue weighted by Crippen LogP contribution is -2.05. The lowest BCUT2D eigenvalue weighted by molar-refractivity contribution is -0.137. The van der Waals surface area contributed by atoms with E-state index in [-0.39, 0.29) is 0 Å². The van der Waals surface area contributed by atoms with Crippen LogP contribution < -0.4 is 5.32 Å². The van der Waals surface area contributed by atoms with E-state index < -0.39 is 11.7 Å². The summed E-state index contributed by atoms with van der Waals surface area (Å²) < 4.78 is 37.4. The molecule has 1 heterocycles. The molecule has 17 heavy (non-hydrogen) atoms. The molecular formula is C12H9F3N2. The van der Waals surface area contributed by atoms with Crippen molar-refractivity contribution in [2.75, 3.05) is 5.32 Å². The topological polar surface area (TPSA) is 24.9 Å². The number of hydrogen-bond acceptors (Lipinski definition) is 2. The minimum absolute atomic E-state index is 0.360. The average Bonchev–Trinajstić information content (AvgIpc) is 2.29. The molecule has 5 heteroatoms. The summed E-state index contributed by atoms with van der Waals surface area (Å²) in [7, 11) is 0. The molecule has 2 aromatic rings. The number of nitrogens with zero attached hydrogens (tertiary/aromatic N) is 1. The Hall–Kier alpha value is -2.04. The highest BCUT2D eigenvalue weighted by Gasteiger charge is 2.30. The van der Waals surface area contributed by atoms with Crippen LogP contribution in [0.15, 0.2) is 48.7 Å². The van der Waals surface area contributed by atoms with Gasteiger partial charge in [-0.05, 0) is 30.3 Å². The Morgan fingerprint density at radius 2 is 1.82 bits per heavy atom. The summed E-state index contributed by atoms with van der Waals surface area (Å²) in [6.07, 6.45) is -2.77. The minimum atomic E-state index is -4.33. The van der Waals surface area contributed by atoms with Crippen molar-refractivity contribution in [1.29, 1.82) is 0 Å². The Kier molecular flexibility index (Phi) is 2.99. The number of halogens is 3. The van der Waals surface area contributed by atoms with Crippen molar-refractivity contribution in [3.05, 3.63) is 54.2 Å². The van der Waals surface area contributed by atoms with E-state index in [1.165, 1.54) is 6.07 Å². The Labute approximate surface area is 96.1 Å². The van der Waals surface area contributed by atoms with E-state index >= 15 is 0 Å². The molecule has 88 valence electrons. The van der Waals surface area contributed by atoms with Crippen LogP contribution >= 0.6 is 0 Å². The van der Waals surface area contributed by atoms with Gasteiger partial charge in [-0.3, -0.25) is 0 Å². The predicted octanol–water partition coefficient (Wildman–Crippen LogP) is 3.84. The van der Waals surface area contributed by atoms with Gasteiger partial charge < -0.3 is 5.32 Å². The Morgan fingerprint density at radius 1 is 1.00 bits per heavy atom. The lowest BCUT2D eigenvalue weighted by atomic mass is 10.2. The third kappa shape index (κ3) is 2.96. The van der Waals surface area contributed by atoms with E-state index in [0.717, 1.165) is 12.1 Å². The maximum atomic E-state index is 12.5. The second-order valence-electron chi connectivity index (χ2n) is 3.42. The van der Waals surface area contributed by atoms with Gasteiger partial charge in [0.05, 0.1) is 5.56 Å². The summed E-state index contributed by atoms with van der Waals surface area (Å²) >= 11 is 0. The fourth-order valence-corrected chi connectivity index (χ4v) is 1.36. The number of aromatic nitrogens is 1. The number of alkyl halides is 3. The van der Waals surface area contributed by atoms with Crippen molar-refractivity contribution in [3.63, 3.8) is 0 Å². The average molecular weight is 238 g/mol. The van der Waals surface area contributed by atoms with Gasteiger partial charge >= 0.3 is 6.18 Å². The fraction of sp³-hybridized carbons (Fsp3) is 0.0833. The molecule has 0 saturated heterocycles. The van der Waals surface area contributed by atoms with Crippen molar-refractivity contribution in [2.45, 2.75) is 6.18 Å². The molecule has 0 unspecified atom stereocenters. The van der Waals surface area contributed by atoms with E-state index in [4.69, 9.17) is 0 Å². The van der Waals surface area contributed by atoms with Crippen molar-refractivity contribution in [3.8, 4) is 0 Å². The molecule has 0 atom stereocenters. The SMILES string of the molecule is FC(F)(F)c1cccc(Nc2ccccn2)c1. The van der Waals surface area contributed by atoms with Crippen LogP contribution in [0.25, 0.3) is 0 Å². The number of anilines is 2. The Morgan fingerprint density at radius 3 is 2.47 bits per heavy atom. The highest BCUT2D eigenvalue weighted by Crippen LogP contribution is 2.31. The molecule has 0 spiro atoms. The van der Waals surface area contributed by atoms with E-state index in [2.05, 4.69) is 10.3 Å². The van der Waals surface area contributed by atoms with Gasteiger partial charge in [0.1, 0.15) is 5.82 Å². The highest BCUT2D eigenvalue weighted by molar-refractivity contribution is 5.56. The summed E-state index contributed by atoms with van der Waals surface area (Å²) in [5.74, 6) is 0.506. The van der Waals surface area contributed by atoms with Gasteiger partial charge in [0.25, 0.3) is 0 Å². The largest absolute Gasteiger partial charge is 0.416 e. The molecule has 2 rings (SSSR count). The Bertz CT molecular complexity index is 495. The summed E-state index contributed by atoms with van der Waals surface area (Å²) in [4.78, 5) is 3.97. The zero-order valence-corrected chi connectivity index (χ0v) is 8.70. The summed E-state index contributed by atoms with van der Waals surface area (Å²) in [5.41, 5.74) is -0.322. The van der Waals surface area contributed by atoms with Gasteiger partial charge in [0.2, 0.25) is 0 Å². The molecule has 1 aromatic carbocycles. The van der Waals surface area contributed by atoms with E-state index in [1.54, 1.807) is 30.5 Å². The molecule has 0 aliphatic heterocycles. The van der Waals surface area contributed by atoms with Crippen LogP contribution in [0.1, 0.15) is 5.56 Å². The first-order chi connectivity index (χ1) is 8.05. The second-order valence-corrected chi connectivity index (χ2v) is 3.42. The number of nitrogens with one attached hydrogen (secondary N) is 1. The predicted molar refractivity (Wildman–Crippen MR) is 59.0 cm³/mol. The maximum absolute atomic E-state index is 12.5. The van der Waals surface area contributed by atoms with Crippen LogP contribution in [0.2, 0.25) is 0 Å². The highest BCUT2D eigenvalue weighted by atomic mass is 19.4. The molecule has 0 aliphatic rings. The molecule has 0 fully saturated rings. The number of pyridine rings is 1. The van der Waals surface area contributed by atoms with Crippen LogP contribution in [-0.4, -0.2) is 4.98 Å². The zero-order valence-electron chi connectivity index (χ0n) is 8.70. The molecule has 1 aromatic heterocycles. The van der Waals surface area contributed by atoms with Crippen molar-refractivity contribution in [1.82, 2.24) is 4.98 Å². The molecule has 0 radical (unpaired) electrons. The molecule has 0 amide bonds. The van der Waals surface area contributed by atoms with Gasteiger partial charge in [-0.15, -0.1) is 0 Å². The minimum Gasteiger partial charge on any atom is -0.340 e. The van der Waals surface area contributed by atoms with E-state index in [1.807, 2.05) is 0 Å². The number of benzene rings is 1. The Balaban J connectivity index is 2.23. The third-order valence-electron chi connectivity index (χ3n) is 2.13. The van der Waals surface area contributed by atoms with Crippen molar-refractivity contribution < 1.29 is 13.2 Å². The standard InChI is InChI=1S/C12H9F3N2/c13-12(14,15)9-4-3-5-10(8-9)17-11-6-1-2-7-16-11/h1-8H,(H,16,17). The first-order valence-corrected chi connectivity index (χ1v) is 4.91. The monoisotopic (exact) mass is 238 g/mol. The van der Waals surface area contributed by atoms with E-state index in [0.29, 0.717) is 11.5 Å². The van der Waals surface area contributed by atoms with Crippen LogP contribution in [-0.2, 0) is 6.18 Å². The van der Waals surface area contributed by atoms with E-state index in [9.17, 15) is 13.2 Å².